The molecule has 90 valence electrons. The molecule has 2 rings (SSSR count). The smallest absolute Gasteiger partial charge is 0.309 e. The number of hydrogen-bond donors (Lipinski definition) is 1. The summed E-state index contributed by atoms with van der Waals surface area (Å²) in [6.07, 6.45) is 2.24. The third-order valence-electron chi connectivity index (χ3n) is 3.06. The molecule has 1 heterocycles. The van der Waals surface area contributed by atoms with Gasteiger partial charge in [-0.05, 0) is 50.5 Å². The van der Waals surface area contributed by atoms with Crippen LogP contribution in [0.5, 0.6) is 0 Å². The van der Waals surface area contributed by atoms with Crippen LogP contribution < -0.4 is 0 Å². The third-order valence-corrected chi connectivity index (χ3v) is 3.06. The molecule has 0 aliphatic heterocycles. The van der Waals surface area contributed by atoms with Gasteiger partial charge >= 0.3 is 5.97 Å². The average molecular weight is 232 g/mol. The van der Waals surface area contributed by atoms with Crippen LogP contribution in [0.4, 0.5) is 0 Å². The van der Waals surface area contributed by atoms with Crippen LogP contribution in [-0.4, -0.2) is 11.1 Å². The topological polar surface area (TPSA) is 50.4 Å². The Bertz CT molecular complexity index is 564. The molecular weight excluding hydrogens is 216 g/mol. The van der Waals surface area contributed by atoms with Crippen LogP contribution in [0, 0.1) is 12.3 Å². The van der Waals surface area contributed by atoms with Crippen molar-refractivity contribution in [3.8, 4) is 0 Å². The van der Waals surface area contributed by atoms with E-state index in [9.17, 15) is 4.79 Å². The van der Waals surface area contributed by atoms with Crippen LogP contribution in [0.15, 0.2) is 28.9 Å². The first-order valence-electron chi connectivity index (χ1n) is 5.60. The van der Waals surface area contributed by atoms with Gasteiger partial charge in [0.1, 0.15) is 5.58 Å². The molecule has 0 saturated carbocycles. The van der Waals surface area contributed by atoms with Gasteiger partial charge in [-0.3, -0.25) is 4.79 Å². The number of carboxylic acids is 1. The fraction of sp³-hybridized carbons (Fsp3) is 0.357. The first kappa shape index (κ1) is 11.7. The van der Waals surface area contributed by atoms with Crippen LogP contribution in [-0.2, 0) is 11.2 Å². The third kappa shape index (κ3) is 2.18. The van der Waals surface area contributed by atoms with E-state index in [4.69, 9.17) is 9.52 Å². The van der Waals surface area contributed by atoms with Gasteiger partial charge in [0.25, 0.3) is 0 Å². The standard InChI is InChI=1S/C14H16O3/c1-9-8-17-12-5-4-10(6-11(9)12)7-14(2,3)13(15)16/h4-6,8H,7H2,1-3H3,(H,15,16). The second kappa shape index (κ2) is 3.91. The first-order valence-corrected chi connectivity index (χ1v) is 5.60. The Hall–Kier alpha value is -1.77. The molecule has 1 N–H and O–H groups in total. The maximum atomic E-state index is 11.1. The highest BCUT2D eigenvalue weighted by Gasteiger charge is 2.27. The largest absolute Gasteiger partial charge is 0.481 e. The summed E-state index contributed by atoms with van der Waals surface area (Å²) in [5, 5.41) is 10.2. The molecule has 0 unspecified atom stereocenters. The highest BCUT2D eigenvalue weighted by atomic mass is 16.4. The summed E-state index contributed by atoms with van der Waals surface area (Å²) in [6, 6.07) is 5.84. The molecule has 0 saturated heterocycles. The zero-order chi connectivity index (χ0) is 12.6. The van der Waals surface area contributed by atoms with Crippen LogP contribution in [0.25, 0.3) is 11.0 Å². The summed E-state index contributed by atoms with van der Waals surface area (Å²) in [6.45, 7) is 5.46. The lowest BCUT2D eigenvalue weighted by molar-refractivity contribution is -0.146. The highest BCUT2D eigenvalue weighted by Crippen LogP contribution is 2.26. The molecule has 1 aromatic heterocycles. The quantitative estimate of drug-likeness (QED) is 0.882. The molecule has 0 amide bonds. The highest BCUT2D eigenvalue weighted by molar-refractivity contribution is 5.82. The molecular formula is C14H16O3. The van der Waals surface area contributed by atoms with E-state index in [2.05, 4.69) is 0 Å². The second-order valence-electron chi connectivity index (χ2n) is 5.12. The molecule has 0 radical (unpaired) electrons. The minimum atomic E-state index is -0.776. The van der Waals surface area contributed by atoms with Gasteiger partial charge in [-0.25, -0.2) is 0 Å². The SMILES string of the molecule is Cc1coc2ccc(CC(C)(C)C(=O)O)cc12. The van der Waals surface area contributed by atoms with Crippen molar-refractivity contribution in [3.05, 3.63) is 35.6 Å². The fourth-order valence-electron chi connectivity index (χ4n) is 1.90. The van der Waals surface area contributed by atoms with Crippen molar-refractivity contribution in [2.24, 2.45) is 5.41 Å². The summed E-state index contributed by atoms with van der Waals surface area (Å²) in [5.74, 6) is -0.776. The molecule has 0 bridgehead atoms. The number of furan rings is 1. The van der Waals surface area contributed by atoms with E-state index in [0.29, 0.717) is 6.42 Å². The van der Waals surface area contributed by atoms with Gasteiger partial charge in [0.2, 0.25) is 0 Å². The molecule has 17 heavy (non-hydrogen) atoms. The summed E-state index contributed by atoms with van der Waals surface area (Å²) < 4.78 is 5.36. The maximum Gasteiger partial charge on any atom is 0.309 e. The molecule has 3 heteroatoms. The van der Waals surface area contributed by atoms with E-state index in [0.717, 1.165) is 22.1 Å². The van der Waals surface area contributed by atoms with E-state index in [-0.39, 0.29) is 0 Å². The lowest BCUT2D eigenvalue weighted by Crippen LogP contribution is -2.26. The van der Waals surface area contributed by atoms with Crippen LogP contribution >= 0.6 is 0 Å². The molecule has 2 aromatic rings. The minimum Gasteiger partial charge on any atom is -0.481 e. The van der Waals surface area contributed by atoms with Crippen LogP contribution in [0.1, 0.15) is 25.0 Å². The van der Waals surface area contributed by atoms with E-state index in [1.165, 1.54) is 0 Å². The Balaban J connectivity index is 2.37. The van der Waals surface area contributed by atoms with Crippen molar-refractivity contribution in [2.75, 3.05) is 0 Å². The van der Waals surface area contributed by atoms with Gasteiger partial charge in [0.15, 0.2) is 0 Å². The molecule has 0 fully saturated rings. The average Bonchev–Trinajstić information content (AvgIpc) is 2.60. The van der Waals surface area contributed by atoms with Crippen molar-refractivity contribution in [2.45, 2.75) is 27.2 Å². The fourth-order valence-corrected chi connectivity index (χ4v) is 1.90. The number of hydrogen-bond acceptors (Lipinski definition) is 2. The van der Waals surface area contributed by atoms with E-state index < -0.39 is 11.4 Å². The first-order chi connectivity index (χ1) is 7.90. The second-order valence-corrected chi connectivity index (χ2v) is 5.12. The summed E-state index contributed by atoms with van der Waals surface area (Å²) in [5.41, 5.74) is 2.20. The Morgan fingerprint density at radius 3 is 2.76 bits per heavy atom. The molecule has 0 aliphatic carbocycles. The maximum absolute atomic E-state index is 11.1. The number of benzene rings is 1. The van der Waals surface area contributed by atoms with Crippen molar-refractivity contribution >= 4 is 16.9 Å². The predicted octanol–water partition coefficient (Wildman–Crippen LogP) is 3.39. The van der Waals surface area contributed by atoms with E-state index in [1.807, 2.05) is 25.1 Å². The zero-order valence-electron chi connectivity index (χ0n) is 10.3. The predicted molar refractivity (Wildman–Crippen MR) is 66.1 cm³/mol. The van der Waals surface area contributed by atoms with Crippen molar-refractivity contribution in [1.29, 1.82) is 0 Å². The minimum absolute atomic E-state index is 0.517. The normalized spacial score (nSPS) is 11.9. The lowest BCUT2D eigenvalue weighted by Gasteiger charge is -2.18. The van der Waals surface area contributed by atoms with Gasteiger partial charge in [-0.1, -0.05) is 6.07 Å². The molecule has 0 atom stereocenters. The van der Waals surface area contributed by atoms with Gasteiger partial charge in [0, 0.05) is 5.39 Å². The van der Waals surface area contributed by atoms with E-state index >= 15 is 0 Å². The van der Waals surface area contributed by atoms with Crippen molar-refractivity contribution < 1.29 is 14.3 Å². The van der Waals surface area contributed by atoms with Gasteiger partial charge < -0.3 is 9.52 Å². The van der Waals surface area contributed by atoms with Crippen molar-refractivity contribution in [1.82, 2.24) is 0 Å². The van der Waals surface area contributed by atoms with Crippen LogP contribution in [0.3, 0.4) is 0 Å². The molecule has 0 spiro atoms. The van der Waals surface area contributed by atoms with Crippen molar-refractivity contribution in [3.63, 3.8) is 0 Å². The summed E-state index contributed by atoms with van der Waals surface area (Å²) >= 11 is 0. The monoisotopic (exact) mass is 232 g/mol. The number of aliphatic carboxylic acids is 1. The zero-order valence-corrected chi connectivity index (χ0v) is 10.3. The van der Waals surface area contributed by atoms with E-state index in [1.54, 1.807) is 20.1 Å². The van der Waals surface area contributed by atoms with Crippen LogP contribution in [0.2, 0.25) is 0 Å². The molecule has 1 aromatic carbocycles. The van der Waals surface area contributed by atoms with Gasteiger partial charge in [0.05, 0.1) is 11.7 Å². The lowest BCUT2D eigenvalue weighted by atomic mass is 9.85. The number of aryl methyl sites for hydroxylation is 1. The Labute approximate surface area is 100 Å². The summed E-state index contributed by atoms with van der Waals surface area (Å²) in [7, 11) is 0. The number of carbonyl (C=O) groups is 1. The molecule has 0 aliphatic rings. The molecule has 3 nitrogen and oxygen atoms in total. The Morgan fingerprint density at radius 2 is 2.12 bits per heavy atom. The Morgan fingerprint density at radius 1 is 1.41 bits per heavy atom. The van der Waals surface area contributed by atoms with Gasteiger partial charge in [-0.2, -0.15) is 0 Å². The van der Waals surface area contributed by atoms with Gasteiger partial charge in [-0.15, -0.1) is 0 Å². The number of carboxylic acid groups (broad SMARTS) is 1. The number of fused-ring (bicyclic) bond motifs is 1. The Kier molecular flexibility index (Phi) is 2.69. The number of rotatable bonds is 3. The summed E-state index contributed by atoms with van der Waals surface area (Å²) in [4.78, 5) is 11.1.